The lowest BCUT2D eigenvalue weighted by Gasteiger charge is -2.30. The number of rotatable bonds is 9. The third-order valence-electron chi connectivity index (χ3n) is 5.21. The van der Waals surface area contributed by atoms with E-state index in [1.807, 2.05) is 0 Å². The molecule has 0 unspecified atom stereocenters. The lowest BCUT2D eigenvalue weighted by molar-refractivity contribution is -0.151. The summed E-state index contributed by atoms with van der Waals surface area (Å²) < 4.78 is 36.7. The molecule has 9 nitrogen and oxygen atoms in total. The van der Waals surface area contributed by atoms with Crippen LogP contribution in [0.15, 0.2) is 29.2 Å². The number of piperidine rings is 1. The Bertz CT molecular complexity index is 889. The third kappa shape index (κ3) is 6.27. The molecule has 1 aliphatic heterocycles. The number of nitrogens with zero attached hydrogens (tertiary/aromatic N) is 2. The average Bonchev–Trinajstić information content (AvgIpc) is 2.78. The molecule has 0 aliphatic carbocycles. The second-order valence-electron chi connectivity index (χ2n) is 7.10. The largest absolute Gasteiger partial charge is 0.466 e. The van der Waals surface area contributed by atoms with E-state index in [1.165, 1.54) is 28.6 Å². The SMILES string of the molecule is CCOC(=O)C1CCN(C(=O)COC(=O)c2cccc(S(=O)(=O)N(CC)CC)c2)CC1. The number of carbonyl (C=O) groups is 3. The van der Waals surface area contributed by atoms with Crippen LogP contribution in [0, 0.1) is 5.92 Å². The van der Waals surface area contributed by atoms with Gasteiger partial charge in [-0.15, -0.1) is 0 Å². The van der Waals surface area contributed by atoms with Gasteiger partial charge >= 0.3 is 11.9 Å². The third-order valence-corrected chi connectivity index (χ3v) is 7.25. The van der Waals surface area contributed by atoms with Gasteiger partial charge in [0.1, 0.15) is 0 Å². The summed E-state index contributed by atoms with van der Waals surface area (Å²) in [7, 11) is -3.71. The van der Waals surface area contributed by atoms with Crippen molar-refractivity contribution in [2.24, 2.45) is 5.92 Å². The van der Waals surface area contributed by atoms with E-state index in [0.29, 0.717) is 45.6 Å². The fourth-order valence-electron chi connectivity index (χ4n) is 3.42. The number of ether oxygens (including phenoxy) is 2. The Morgan fingerprint density at radius 3 is 2.29 bits per heavy atom. The molecule has 0 saturated carbocycles. The van der Waals surface area contributed by atoms with E-state index >= 15 is 0 Å². The fraction of sp³-hybridized carbons (Fsp3) is 0.571. The monoisotopic (exact) mass is 454 g/mol. The standard InChI is InChI=1S/C21H30N2O7S/c1-4-23(5-2)31(27,28)18-9-7-8-17(14-18)21(26)30-15-19(24)22-12-10-16(11-13-22)20(25)29-6-3/h7-9,14,16H,4-6,10-13,15H2,1-3H3. The van der Waals surface area contributed by atoms with Crippen LogP contribution in [0.3, 0.4) is 0 Å². The average molecular weight is 455 g/mol. The van der Waals surface area contributed by atoms with Crippen LogP contribution >= 0.6 is 0 Å². The second-order valence-corrected chi connectivity index (χ2v) is 9.04. The summed E-state index contributed by atoms with van der Waals surface area (Å²) in [6, 6.07) is 5.59. The van der Waals surface area contributed by atoms with Crippen molar-refractivity contribution >= 4 is 27.9 Å². The molecule has 0 radical (unpaired) electrons. The van der Waals surface area contributed by atoms with Gasteiger partial charge < -0.3 is 14.4 Å². The summed E-state index contributed by atoms with van der Waals surface area (Å²) in [5.74, 6) is -1.60. The highest BCUT2D eigenvalue weighted by Gasteiger charge is 2.29. The van der Waals surface area contributed by atoms with Crippen molar-refractivity contribution in [3.63, 3.8) is 0 Å². The molecule has 1 saturated heterocycles. The summed E-state index contributed by atoms with van der Waals surface area (Å²) in [6.07, 6.45) is 1.01. The Hall–Kier alpha value is -2.46. The quantitative estimate of drug-likeness (QED) is 0.522. The van der Waals surface area contributed by atoms with Crippen LogP contribution in [-0.2, 0) is 29.1 Å². The van der Waals surface area contributed by atoms with Crippen molar-refractivity contribution in [3.8, 4) is 0 Å². The molecule has 1 heterocycles. The maximum atomic E-state index is 12.6. The molecule has 1 aliphatic rings. The van der Waals surface area contributed by atoms with Crippen LogP contribution in [-0.4, -0.2) is 74.9 Å². The van der Waals surface area contributed by atoms with Gasteiger partial charge in [-0.05, 0) is 38.0 Å². The van der Waals surface area contributed by atoms with Gasteiger partial charge in [-0.3, -0.25) is 9.59 Å². The lowest BCUT2D eigenvalue weighted by Crippen LogP contribution is -2.42. The molecule has 0 N–H and O–H groups in total. The molecule has 0 atom stereocenters. The van der Waals surface area contributed by atoms with Gasteiger partial charge in [0.05, 0.1) is 23.0 Å². The van der Waals surface area contributed by atoms with E-state index in [4.69, 9.17) is 9.47 Å². The summed E-state index contributed by atoms with van der Waals surface area (Å²) in [5, 5.41) is 0. The minimum absolute atomic E-state index is 0.00184. The molecule has 172 valence electrons. The van der Waals surface area contributed by atoms with Gasteiger partial charge in [0, 0.05) is 26.2 Å². The summed E-state index contributed by atoms with van der Waals surface area (Å²) in [6.45, 7) is 6.50. The van der Waals surface area contributed by atoms with Crippen LogP contribution in [0.5, 0.6) is 0 Å². The van der Waals surface area contributed by atoms with Crippen molar-refractivity contribution in [2.45, 2.75) is 38.5 Å². The van der Waals surface area contributed by atoms with Crippen molar-refractivity contribution < 1.29 is 32.3 Å². The van der Waals surface area contributed by atoms with Crippen molar-refractivity contribution in [1.29, 1.82) is 0 Å². The predicted molar refractivity (Wildman–Crippen MR) is 113 cm³/mol. The summed E-state index contributed by atoms with van der Waals surface area (Å²) in [4.78, 5) is 38.1. The van der Waals surface area contributed by atoms with Gasteiger partial charge in [-0.2, -0.15) is 4.31 Å². The van der Waals surface area contributed by atoms with Crippen LogP contribution in [0.2, 0.25) is 0 Å². The number of carbonyl (C=O) groups excluding carboxylic acids is 3. The summed E-state index contributed by atoms with van der Waals surface area (Å²) >= 11 is 0. The van der Waals surface area contributed by atoms with Gasteiger partial charge in [-0.1, -0.05) is 19.9 Å². The Morgan fingerprint density at radius 2 is 1.71 bits per heavy atom. The van der Waals surface area contributed by atoms with Gasteiger partial charge in [-0.25, -0.2) is 13.2 Å². The molecule has 10 heteroatoms. The molecule has 31 heavy (non-hydrogen) atoms. The number of benzene rings is 1. The van der Waals surface area contributed by atoms with E-state index < -0.39 is 22.6 Å². The normalized spacial score (nSPS) is 15.0. The number of esters is 2. The van der Waals surface area contributed by atoms with Crippen LogP contribution in [0.25, 0.3) is 0 Å². The second kappa shape index (κ2) is 11.2. The Balaban J connectivity index is 1.93. The Morgan fingerprint density at radius 1 is 1.06 bits per heavy atom. The molecule has 1 aromatic rings. The smallest absolute Gasteiger partial charge is 0.338 e. The van der Waals surface area contributed by atoms with Crippen molar-refractivity contribution in [3.05, 3.63) is 29.8 Å². The molecule has 0 spiro atoms. The Labute approximate surface area is 183 Å². The molecule has 0 aromatic heterocycles. The minimum atomic E-state index is -3.71. The minimum Gasteiger partial charge on any atom is -0.466 e. The predicted octanol–water partition coefficient (Wildman–Crippen LogP) is 1.68. The van der Waals surface area contributed by atoms with E-state index in [0.717, 1.165) is 0 Å². The molecular formula is C21H30N2O7S. The number of sulfonamides is 1. The highest BCUT2D eigenvalue weighted by molar-refractivity contribution is 7.89. The zero-order valence-electron chi connectivity index (χ0n) is 18.2. The van der Waals surface area contributed by atoms with E-state index in [1.54, 1.807) is 25.7 Å². The van der Waals surface area contributed by atoms with E-state index in [-0.39, 0.29) is 28.3 Å². The topological polar surface area (TPSA) is 110 Å². The first-order valence-corrected chi connectivity index (χ1v) is 11.9. The molecule has 1 aromatic carbocycles. The number of amides is 1. The maximum Gasteiger partial charge on any atom is 0.338 e. The zero-order valence-corrected chi connectivity index (χ0v) is 19.0. The van der Waals surface area contributed by atoms with Crippen LogP contribution in [0.4, 0.5) is 0 Å². The van der Waals surface area contributed by atoms with E-state index in [9.17, 15) is 22.8 Å². The highest BCUT2D eigenvalue weighted by atomic mass is 32.2. The zero-order chi connectivity index (χ0) is 23.0. The Kier molecular flexibility index (Phi) is 9.00. The summed E-state index contributed by atoms with van der Waals surface area (Å²) in [5.41, 5.74) is 0.0575. The van der Waals surface area contributed by atoms with Gasteiger partial charge in [0.2, 0.25) is 10.0 Å². The first kappa shape index (κ1) is 24.8. The van der Waals surface area contributed by atoms with Crippen molar-refractivity contribution in [1.82, 2.24) is 9.21 Å². The maximum absolute atomic E-state index is 12.6. The van der Waals surface area contributed by atoms with Crippen LogP contribution < -0.4 is 0 Å². The first-order valence-electron chi connectivity index (χ1n) is 10.5. The highest BCUT2D eigenvalue weighted by Crippen LogP contribution is 2.20. The number of hydrogen-bond acceptors (Lipinski definition) is 7. The number of hydrogen-bond donors (Lipinski definition) is 0. The van der Waals surface area contributed by atoms with Crippen LogP contribution in [0.1, 0.15) is 44.0 Å². The molecule has 1 fully saturated rings. The lowest BCUT2D eigenvalue weighted by atomic mass is 9.97. The first-order chi connectivity index (χ1) is 14.7. The van der Waals surface area contributed by atoms with Gasteiger partial charge in [0.15, 0.2) is 6.61 Å². The van der Waals surface area contributed by atoms with Gasteiger partial charge in [0.25, 0.3) is 5.91 Å². The van der Waals surface area contributed by atoms with Crippen molar-refractivity contribution in [2.75, 3.05) is 39.4 Å². The molecule has 1 amide bonds. The molecule has 0 bridgehead atoms. The molecular weight excluding hydrogens is 424 g/mol. The number of likely N-dealkylation sites (tertiary alicyclic amines) is 1. The van der Waals surface area contributed by atoms with E-state index in [2.05, 4.69) is 0 Å². The molecule has 2 rings (SSSR count). The fourth-order valence-corrected chi connectivity index (χ4v) is 4.93.